The molecule has 3 heteroatoms. The van der Waals surface area contributed by atoms with E-state index in [0.717, 1.165) is 12.8 Å². The van der Waals surface area contributed by atoms with Crippen molar-refractivity contribution in [2.75, 3.05) is 0 Å². The molecule has 1 saturated carbocycles. The largest absolute Gasteiger partial charge is 0.461 e. The Hall–Kier alpha value is -0.180. The van der Waals surface area contributed by atoms with Gasteiger partial charge in [0.1, 0.15) is 10.9 Å². The van der Waals surface area contributed by atoms with Crippen molar-refractivity contribution in [3.05, 3.63) is 0 Å². The van der Waals surface area contributed by atoms with E-state index in [1.54, 1.807) is 13.8 Å². The summed E-state index contributed by atoms with van der Waals surface area (Å²) in [6, 6.07) is 0. The number of esters is 1. The minimum absolute atomic E-state index is 0.156. The summed E-state index contributed by atoms with van der Waals surface area (Å²) in [7, 11) is 0. The quantitative estimate of drug-likeness (QED) is 0.531. The molecule has 0 aromatic rings. The molecule has 0 aromatic heterocycles. The van der Waals surface area contributed by atoms with E-state index in [4.69, 9.17) is 4.74 Å². The monoisotopic (exact) mass is 188 g/mol. The standard InChI is InChI=1S/C9H16O2S/c1-9(2,12)8(10)11-7-5-3-4-6-7/h7,12H,3-6H2,1-2H3. The van der Waals surface area contributed by atoms with Crippen LogP contribution in [-0.2, 0) is 9.53 Å². The highest BCUT2D eigenvalue weighted by molar-refractivity contribution is 7.82. The summed E-state index contributed by atoms with van der Waals surface area (Å²) in [5.74, 6) is -0.197. The predicted molar refractivity (Wildman–Crippen MR) is 51.4 cm³/mol. The van der Waals surface area contributed by atoms with Crippen molar-refractivity contribution in [3.8, 4) is 0 Å². The van der Waals surface area contributed by atoms with Crippen LogP contribution in [0.2, 0.25) is 0 Å². The molecule has 1 aliphatic carbocycles. The maximum absolute atomic E-state index is 11.3. The van der Waals surface area contributed by atoms with Gasteiger partial charge in [0.25, 0.3) is 0 Å². The van der Waals surface area contributed by atoms with Crippen molar-refractivity contribution >= 4 is 18.6 Å². The van der Waals surface area contributed by atoms with Crippen LogP contribution in [0.25, 0.3) is 0 Å². The highest BCUT2D eigenvalue weighted by atomic mass is 32.1. The SMILES string of the molecule is CC(C)(S)C(=O)OC1CCCC1. The summed E-state index contributed by atoms with van der Waals surface area (Å²) < 4.78 is 4.61. The first-order valence-corrected chi connectivity index (χ1v) is 4.88. The van der Waals surface area contributed by atoms with Gasteiger partial charge in [-0.15, -0.1) is 0 Å². The van der Waals surface area contributed by atoms with Crippen molar-refractivity contribution in [2.24, 2.45) is 0 Å². The van der Waals surface area contributed by atoms with Crippen LogP contribution < -0.4 is 0 Å². The molecule has 1 rings (SSSR count). The second kappa shape index (κ2) is 3.69. The Bertz CT molecular complexity index is 166. The third kappa shape index (κ3) is 2.70. The van der Waals surface area contributed by atoms with Crippen LogP contribution in [-0.4, -0.2) is 16.8 Å². The number of ether oxygens (including phenoxy) is 1. The summed E-state index contributed by atoms with van der Waals surface area (Å²) in [5, 5.41) is 0. The number of carbonyl (C=O) groups is 1. The molecule has 0 N–H and O–H groups in total. The smallest absolute Gasteiger partial charge is 0.321 e. The first-order valence-electron chi connectivity index (χ1n) is 4.43. The second-order valence-electron chi connectivity index (χ2n) is 3.87. The van der Waals surface area contributed by atoms with Crippen LogP contribution in [0.4, 0.5) is 0 Å². The van der Waals surface area contributed by atoms with Gasteiger partial charge in [-0.2, -0.15) is 12.6 Å². The van der Waals surface area contributed by atoms with Gasteiger partial charge in [-0.05, 0) is 39.5 Å². The molecule has 0 saturated heterocycles. The summed E-state index contributed by atoms with van der Waals surface area (Å²) >= 11 is 4.15. The molecule has 0 amide bonds. The Morgan fingerprint density at radius 2 is 1.92 bits per heavy atom. The van der Waals surface area contributed by atoms with E-state index >= 15 is 0 Å². The molecule has 1 aliphatic rings. The number of thiol groups is 1. The number of carbonyl (C=O) groups excluding carboxylic acids is 1. The van der Waals surface area contributed by atoms with Crippen molar-refractivity contribution in [1.29, 1.82) is 0 Å². The van der Waals surface area contributed by atoms with Crippen molar-refractivity contribution in [1.82, 2.24) is 0 Å². The molecule has 0 unspecified atom stereocenters. The van der Waals surface area contributed by atoms with Crippen molar-refractivity contribution < 1.29 is 9.53 Å². The Labute approximate surface area is 79.1 Å². The van der Waals surface area contributed by atoms with E-state index in [1.807, 2.05) is 0 Å². The lowest BCUT2D eigenvalue weighted by Gasteiger charge is -2.19. The van der Waals surface area contributed by atoms with Gasteiger partial charge in [-0.25, -0.2) is 0 Å². The molecule has 0 spiro atoms. The highest BCUT2D eigenvalue weighted by Gasteiger charge is 2.28. The van der Waals surface area contributed by atoms with E-state index in [9.17, 15) is 4.79 Å². The van der Waals surface area contributed by atoms with Crippen molar-refractivity contribution in [2.45, 2.75) is 50.4 Å². The van der Waals surface area contributed by atoms with E-state index in [0.29, 0.717) is 0 Å². The average molecular weight is 188 g/mol. The van der Waals surface area contributed by atoms with Crippen LogP contribution in [0.3, 0.4) is 0 Å². The van der Waals surface area contributed by atoms with Gasteiger partial charge in [-0.1, -0.05) is 0 Å². The van der Waals surface area contributed by atoms with Crippen LogP contribution in [0, 0.1) is 0 Å². The Morgan fingerprint density at radius 3 is 2.33 bits per heavy atom. The molecule has 2 nitrogen and oxygen atoms in total. The molecule has 0 aliphatic heterocycles. The average Bonchev–Trinajstić information content (AvgIpc) is 2.37. The summed E-state index contributed by atoms with van der Waals surface area (Å²) in [5.41, 5.74) is 0. The Balaban J connectivity index is 2.35. The Morgan fingerprint density at radius 1 is 1.42 bits per heavy atom. The number of hydrogen-bond acceptors (Lipinski definition) is 3. The Kier molecular flexibility index (Phi) is 3.04. The summed E-state index contributed by atoms with van der Waals surface area (Å²) in [6.07, 6.45) is 4.57. The fourth-order valence-electron chi connectivity index (χ4n) is 1.30. The molecule has 12 heavy (non-hydrogen) atoms. The van der Waals surface area contributed by atoms with Gasteiger partial charge in [0.2, 0.25) is 0 Å². The molecular formula is C9H16O2S. The van der Waals surface area contributed by atoms with Crippen LogP contribution in [0.5, 0.6) is 0 Å². The first-order chi connectivity index (χ1) is 5.50. The van der Waals surface area contributed by atoms with Crippen LogP contribution in [0.15, 0.2) is 0 Å². The first kappa shape index (κ1) is 9.90. The molecule has 0 radical (unpaired) electrons. The molecular weight excluding hydrogens is 172 g/mol. The van der Waals surface area contributed by atoms with E-state index < -0.39 is 4.75 Å². The van der Waals surface area contributed by atoms with Gasteiger partial charge in [-0.3, -0.25) is 4.79 Å². The number of rotatable bonds is 2. The van der Waals surface area contributed by atoms with Gasteiger partial charge in [0.05, 0.1) is 0 Å². The normalized spacial score (nSPS) is 19.6. The lowest BCUT2D eigenvalue weighted by Crippen LogP contribution is -2.30. The minimum atomic E-state index is -0.650. The fourth-order valence-corrected chi connectivity index (χ4v) is 1.35. The molecule has 0 bridgehead atoms. The molecule has 0 atom stereocenters. The van der Waals surface area contributed by atoms with Gasteiger partial charge in [0, 0.05) is 0 Å². The summed E-state index contributed by atoms with van der Waals surface area (Å²) in [4.78, 5) is 11.3. The highest BCUT2D eigenvalue weighted by Crippen LogP contribution is 2.24. The molecule has 1 fully saturated rings. The zero-order chi connectivity index (χ0) is 9.19. The van der Waals surface area contributed by atoms with Crippen molar-refractivity contribution in [3.63, 3.8) is 0 Å². The molecule has 0 aromatic carbocycles. The third-order valence-electron chi connectivity index (χ3n) is 2.08. The summed E-state index contributed by atoms with van der Waals surface area (Å²) in [6.45, 7) is 3.51. The third-order valence-corrected chi connectivity index (χ3v) is 2.26. The maximum Gasteiger partial charge on any atom is 0.321 e. The molecule has 0 heterocycles. The number of hydrogen-bond donors (Lipinski definition) is 1. The zero-order valence-corrected chi connectivity index (χ0v) is 8.56. The lowest BCUT2D eigenvalue weighted by atomic mass is 10.2. The van der Waals surface area contributed by atoms with Gasteiger partial charge >= 0.3 is 5.97 Å². The molecule has 70 valence electrons. The van der Waals surface area contributed by atoms with E-state index in [-0.39, 0.29) is 12.1 Å². The predicted octanol–water partition coefficient (Wildman–Crippen LogP) is 2.18. The van der Waals surface area contributed by atoms with Crippen LogP contribution >= 0.6 is 12.6 Å². The topological polar surface area (TPSA) is 26.3 Å². The lowest BCUT2D eigenvalue weighted by molar-refractivity contribution is -0.150. The zero-order valence-electron chi connectivity index (χ0n) is 7.67. The second-order valence-corrected chi connectivity index (χ2v) is 4.99. The van der Waals surface area contributed by atoms with E-state index in [2.05, 4.69) is 12.6 Å². The maximum atomic E-state index is 11.3. The minimum Gasteiger partial charge on any atom is -0.461 e. The van der Waals surface area contributed by atoms with Gasteiger partial charge < -0.3 is 4.74 Å². The van der Waals surface area contributed by atoms with Gasteiger partial charge in [0.15, 0.2) is 0 Å². The fraction of sp³-hybridized carbons (Fsp3) is 0.889. The van der Waals surface area contributed by atoms with E-state index in [1.165, 1.54) is 12.8 Å². The van der Waals surface area contributed by atoms with Crippen LogP contribution in [0.1, 0.15) is 39.5 Å².